The molecular formula is C13H23N3O6. The predicted molar refractivity (Wildman–Crippen MR) is 76.9 cm³/mol. The highest BCUT2D eigenvalue weighted by molar-refractivity contribution is 5.91. The van der Waals surface area contributed by atoms with Crippen LogP contribution in [0.15, 0.2) is 0 Å². The number of carbonyl (C=O) groups is 4. The number of hydrogen-bond donors (Lipinski definition) is 5. The Morgan fingerprint density at radius 2 is 1.55 bits per heavy atom. The molecule has 0 aromatic carbocycles. The average molecular weight is 317 g/mol. The van der Waals surface area contributed by atoms with Crippen molar-refractivity contribution in [2.75, 3.05) is 0 Å². The summed E-state index contributed by atoms with van der Waals surface area (Å²) in [4.78, 5) is 45.0. The van der Waals surface area contributed by atoms with E-state index in [0.29, 0.717) is 0 Å². The summed E-state index contributed by atoms with van der Waals surface area (Å²) in [6.45, 7) is 4.67. The van der Waals surface area contributed by atoms with E-state index in [1.54, 1.807) is 13.8 Å². The second kappa shape index (κ2) is 8.98. The van der Waals surface area contributed by atoms with Crippen LogP contribution in [-0.4, -0.2) is 52.1 Å². The van der Waals surface area contributed by atoms with E-state index in [1.807, 2.05) is 0 Å². The molecule has 2 amide bonds. The molecule has 0 radical (unpaired) electrons. The lowest BCUT2D eigenvalue weighted by Gasteiger charge is -2.22. The van der Waals surface area contributed by atoms with Crippen LogP contribution < -0.4 is 16.4 Å². The molecule has 0 aliphatic carbocycles. The Bertz CT molecular complexity index is 437. The molecule has 22 heavy (non-hydrogen) atoms. The fourth-order valence-corrected chi connectivity index (χ4v) is 1.59. The minimum atomic E-state index is -1.17. The highest BCUT2D eigenvalue weighted by Gasteiger charge is 2.27. The van der Waals surface area contributed by atoms with Crippen LogP contribution in [0.3, 0.4) is 0 Å². The van der Waals surface area contributed by atoms with E-state index < -0.39 is 41.9 Å². The minimum absolute atomic E-state index is 0.0563. The summed E-state index contributed by atoms with van der Waals surface area (Å²) >= 11 is 0. The first-order chi connectivity index (χ1) is 10.1. The third kappa shape index (κ3) is 7.02. The van der Waals surface area contributed by atoms with Crippen molar-refractivity contribution in [3.8, 4) is 0 Å². The molecule has 0 aromatic rings. The highest BCUT2D eigenvalue weighted by Crippen LogP contribution is 2.02. The van der Waals surface area contributed by atoms with Crippen LogP contribution in [0, 0.1) is 5.92 Å². The summed E-state index contributed by atoms with van der Waals surface area (Å²) in [5.74, 6) is -3.88. The maximum absolute atomic E-state index is 11.9. The molecule has 6 N–H and O–H groups in total. The third-order valence-electron chi connectivity index (χ3n) is 2.99. The molecule has 0 saturated carbocycles. The second-order valence-corrected chi connectivity index (χ2v) is 5.34. The number of hydrogen-bond acceptors (Lipinski definition) is 5. The Morgan fingerprint density at radius 3 is 1.95 bits per heavy atom. The predicted octanol–water partition coefficient (Wildman–Crippen LogP) is -1.09. The van der Waals surface area contributed by atoms with Gasteiger partial charge in [0.25, 0.3) is 0 Å². The van der Waals surface area contributed by atoms with Crippen LogP contribution in [0.2, 0.25) is 0 Å². The molecular weight excluding hydrogens is 294 g/mol. The first kappa shape index (κ1) is 19.8. The molecule has 0 unspecified atom stereocenters. The van der Waals surface area contributed by atoms with Gasteiger partial charge in [0, 0.05) is 6.42 Å². The first-order valence-electron chi connectivity index (χ1n) is 6.87. The summed E-state index contributed by atoms with van der Waals surface area (Å²) < 4.78 is 0. The first-order valence-corrected chi connectivity index (χ1v) is 6.87. The molecule has 0 heterocycles. The van der Waals surface area contributed by atoms with Gasteiger partial charge in [-0.05, 0) is 19.3 Å². The molecule has 0 rings (SSSR count). The number of carboxylic acid groups (broad SMARTS) is 2. The van der Waals surface area contributed by atoms with Crippen molar-refractivity contribution in [2.45, 2.75) is 51.7 Å². The second-order valence-electron chi connectivity index (χ2n) is 5.34. The number of carboxylic acids is 2. The molecule has 0 fully saturated rings. The van der Waals surface area contributed by atoms with E-state index in [-0.39, 0.29) is 18.8 Å². The van der Waals surface area contributed by atoms with Crippen molar-refractivity contribution < 1.29 is 29.4 Å². The summed E-state index contributed by atoms with van der Waals surface area (Å²) in [6, 6.07) is -3.09. The SMILES string of the molecule is CC(C)[C@H](NC(=O)[C@H](C)NC(=O)[C@@H](N)CCC(=O)O)C(=O)O. The van der Waals surface area contributed by atoms with Gasteiger partial charge in [-0.15, -0.1) is 0 Å². The lowest BCUT2D eigenvalue weighted by molar-refractivity contribution is -0.143. The van der Waals surface area contributed by atoms with E-state index in [9.17, 15) is 19.2 Å². The summed E-state index contributed by atoms with van der Waals surface area (Å²) in [7, 11) is 0. The van der Waals surface area contributed by atoms with Crippen molar-refractivity contribution in [2.24, 2.45) is 11.7 Å². The normalized spacial score (nSPS) is 14.8. The standard InChI is InChI=1S/C13H23N3O6/c1-6(2)10(13(21)22)16-11(19)7(3)15-12(20)8(14)4-5-9(17)18/h6-8,10H,4-5,14H2,1-3H3,(H,15,20)(H,16,19)(H,17,18)(H,21,22)/t7-,8-,10-/m0/s1. The van der Waals surface area contributed by atoms with Crippen LogP contribution in [0.5, 0.6) is 0 Å². The number of amides is 2. The van der Waals surface area contributed by atoms with Gasteiger partial charge in [0.05, 0.1) is 6.04 Å². The molecule has 0 aliphatic rings. The van der Waals surface area contributed by atoms with E-state index in [1.165, 1.54) is 6.92 Å². The van der Waals surface area contributed by atoms with Gasteiger partial charge in [-0.25, -0.2) is 4.79 Å². The smallest absolute Gasteiger partial charge is 0.326 e. The Hall–Kier alpha value is -2.16. The summed E-state index contributed by atoms with van der Waals surface area (Å²) in [5.41, 5.74) is 5.51. The Balaban J connectivity index is 4.48. The van der Waals surface area contributed by atoms with Gasteiger partial charge in [0.15, 0.2) is 0 Å². The van der Waals surface area contributed by atoms with Gasteiger partial charge in [0.1, 0.15) is 12.1 Å². The van der Waals surface area contributed by atoms with Crippen LogP contribution in [0.1, 0.15) is 33.6 Å². The zero-order chi connectivity index (χ0) is 17.4. The zero-order valence-electron chi connectivity index (χ0n) is 12.8. The molecule has 0 bridgehead atoms. The number of aliphatic carboxylic acids is 2. The molecule has 0 aromatic heterocycles. The summed E-state index contributed by atoms with van der Waals surface area (Å²) in [5, 5.41) is 22.1. The van der Waals surface area contributed by atoms with E-state index in [4.69, 9.17) is 15.9 Å². The van der Waals surface area contributed by atoms with Crippen LogP contribution in [-0.2, 0) is 19.2 Å². The maximum Gasteiger partial charge on any atom is 0.326 e. The Labute approximate surface area is 128 Å². The number of nitrogens with one attached hydrogen (secondary N) is 2. The largest absolute Gasteiger partial charge is 0.481 e. The van der Waals surface area contributed by atoms with Gasteiger partial charge in [-0.3, -0.25) is 14.4 Å². The van der Waals surface area contributed by atoms with Crippen LogP contribution in [0.4, 0.5) is 0 Å². The van der Waals surface area contributed by atoms with E-state index in [2.05, 4.69) is 10.6 Å². The lowest BCUT2D eigenvalue weighted by Crippen LogP contribution is -2.54. The van der Waals surface area contributed by atoms with Crippen molar-refractivity contribution in [3.63, 3.8) is 0 Å². The fourth-order valence-electron chi connectivity index (χ4n) is 1.59. The highest BCUT2D eigenvalue weighted by atomic mass is 16.4. The van der Waals surface area contributed by atoms with E-state index >= 15 is 0 Å². The molecule has 3 atom stereocenters. The van der Waals surface area contributed by atoms with Gasteiger partial charge in [-0.1, -0.05) is 13.8 Å². The van der Waals surface area contributed by atoms with Crippen molar-refractivity contribution in [3.05, 3.63) is 0 Å². The van der Waals surface area contributed by atoms with Crippen LogP contribution >= 0.6 is 0 Å². The minimum Gasteiger partial charge on any atom is -0.481 e. The monoisotopic (exact) mass is 317 g/mol. The quantitative estimate of drug-likeness (QED) is 0.361. The van der Waals surface area contributed by atoms with Gasteiger partial charge < -0.3 is 26.6 Å². The zero-order valence-corrected chi connectivity index (χ0v) is 12.8. The van der Waals surface area contributed by atoms with E-state index in [0.717, 1.165) is 0 Å². The fraction of sp³-hybridized carbons (Fsp3) is 0.692. The van der Waals surface area contributed by atoms with Crippen molar-refractivity contribution in [1.29, 1.82) is 0 Å². The summed E-state index contributed by atoms with van der Waals surface area (Å²) in [6.07, 6.45) is -0.317. The molecule has 126 valence electrons. The molecule has 9 nitrogen and oxygen atoms in total. The number of nitrogens with two attached hydrogens (primary N) is 1. The number of carbonyl (C=O) groups excluding carboxylic acids is 2. The Kier molecular flexibility index (Phi) is 8.10. The third-order valence-corrected chi connectivity index (χ3v) is 2.99. The topological polar surface area (TPSA) is 159 Å². The average Bonchev–Trinajstić information content (AvgIpc) is 2.40. The molecule has 0 spiro atoms. The number of rotatable bonds is 9. The van der Waals surface area contributed by atoms with Gasteiger partial charge in [-0.2, -0.15) is 0 Å². The maximum atomic E-state index is 11.9. The van der Waals surface area contributed by atoms with Crippen LogP contribution in [0.25, 0.3) is 0 Å². The Morgan fingerprint density at radius 1 is 1.00 bits per heavy atom. The molecule has 0 saturated heterocycles. The lowest BCUT2D eigenvalue weighted by atomic mass is 10.0. The molecule has 0 aliphatic heterocycles. The van der Waals surface area contributed by atoms with Crippen molar-refractivity contribution in [1.82, 2.24) is 10.6 Å². The van der Waals surface area contributed by atoms with Gasteiger partial charge >= 0.3 is 11.9 Å². The molecule has 9 heteroatoms. The van der Waals surface area contributed by atoms with Gasteiger partial charge in [0.2, 0.25) is 11.8 Å². The van der Waals surface area contributed by atoms with Crippen molar-refractivity contribution >= 4 is 23.8 Å².